The van der Waals surface area contributed by atoms with E-state index >= 15 is 0 Å². The summed E-state index contributed by atoms with van der Waals surface area (Å²) in [6.07, 6.45) is 2.76. The molecule has 0 fully saturated rings. The predicted molar refractivity (Wildman–Crippen MR) is 98.8 cm³/mol. The lowest BCUT2D eigenvalue weighted by Crippen LogP contribution is -2.27. The van der Waals surface area contributed by atoms with Gasteiger partial charge in [-0.25, -0.2) is 0 Å². The Labute approximate surface area is 153 Å². The number of hydrogen-bond donors (Lipinski definition) is 1. The molecular formula is C20H22ClNO3. The normalized spacial score (nSPS) is 15.6. The lowest BCUT2D eigenvalue weighted by Gasteiger charge is -2.16. The molecule has 0 spiro atoms. The molecule has 0 aliphatic heterocycles. The van der Waals surface area contributed by atoms with Gasteiger partial charge in [0.2, 0.25) is 0 Å². The van der Waals surface area contributed by atoms with Crippen molar-refractivity contribution in [1.82, 2.24) is 5.32 Å². The SMILES string of the molecule is CCCOc1c(Cl)cc(C(=O)NC2CCc3ccccc32)cc1OC. The van der Waals surface area contributed by atoms with Crippen molar-refractivity contribution >= 4 is 17.5 Å². The Balaban J connectivity index is 1.80. The maximum Gasteiger partial charge on any atom is 0.251 e. The Morgan fingerprint density at radius 1 is 1.32 bits per heavy atom. The maximum absolute atomic E-state index is 12.7. The summed E-state index contributed by atoms with van der Waals surface area (Å²) in [7, 11) is 1.54. The van der Waals surface area contributed by atoms with Gasteiger partial charge in [-0.1, -0.05) is 42.8 Å². The largest absolute Gasteiger partial charge is 0.493 e. The Morgan fingerprint density at radius 3 is 2.88 bits per heavy atom. The zero-order chi connectivity index (χ0) is 17.8. The van der Waals surface area contributed by atoms with Crippen LogP contribution in [0.5, 0.6) is 11.5 Å². The molecule has 0 bridgehead atoms. The van der Waals surface area contributed by atoms with Gasteiger partial charge in [-0.3, -0.25) is 4.79 Å². The molecule has 3 rings (SSSR count). The summed E-state index contributed by atoms with van der Waals surface area (Å²) >= 11 is 6.31. The maximum atomic E-state index is 12.7. The molecule has 4 nitrogen and oxygen atoms in total. The van der Waals surface area contributed by atoms with E-state index in [0.29, 0.717) is 28.7 Å². The molecule has 0 aromatic heterocycles. The van der Waals surface area contributed by atoms with Crippen LogP contribution in [0.2, 0.25) is 5.02 Å². The first-order valence-electron chi connectivity index (χ1n) is 8.53. The molecule has 132 valence electrons. The number of aryl methyl sites for hydroxylation is 1. The van der Waals surface area contributed by atoms with Crippen molar-refractivity contribution in [2.24, 2.45) is 0 Å². The zero-order valence-corrected chi connectivity index (χ0v) is 15.2. The summed E-state index contributed by atoms with van der Waals surface area (Å²) in [6, 6.07) is 11.6. The standard InChI is InChI=1S/C20H22ClNO3/c1-3-10-25-19-16(21)11-14(12-18(19)24-2)20(23)22-17-9-8-13-6-4-5-7-15(13)17/h4-7,11-12,17H,3,8-10H2,1-2H3,(H,22,23). The highest BCUT2D eigenvalue weighted by atomic mass is 35.5. The van der Waals surface area contributed by atoms with E-state index in [1.165, 1.54) is 11.1 Å². The van der Waals surface area contributed by atoms with E-state index in [1.54, 1.807) is 19.2 Å². The number of benzene rings is 2. The highest BCUT2D eigenvalue weighted by molar-refractivity contribution is 6.32. The molecule has 2 aromatic carbocycles. The van der Waals surface area contributed by atoms with Crippen LogP contribution in [0, 0.1) is 0 Å². The van der Waals surface area contributed by atoms with Gasteiger partial charge in [0.1, 0.15) is 0 Å². The zero-order valence-electron chi connectivity index (χ0n) is 14.5. The van der Waals surface area contributed by atoms with E-state index in [2.05, 4.69) is 17.4 Å². The lowest BCUT2D eigenvalue weighted by molar-refractivity contribution is 0.0936. The van der Waals surface area contributed by atoms with Crippen molar-refractivity contribution in [3.05, 3.63) is 58.1 Å². The molecule has 0 saturated carbocycles. The highest BCUT2D eigenvalue weighted by Crippen LogP contribution is 2.37. The van der Waals surface area contributed by atoms with Crippen LogP contribution in [0.3, 0.4) is 0 Å². The van der Waals surface area contributed by atoms with E-state index in [0.717, 1.165) is 19.3 Å². The van der Waals surface area contributed by atoms with Crippen LogP contribution in [0.15, 0.2) is 36.4 Å². The number of carbonyl (C=O) groups excluding carboxylic acids is 1. The summed E-state index contributed by atoms with van der Waals surface area (Å²) in [4.78, 5) is 12.7. The quantitative estimate of drug-likeness (QED) is 0.822. The fourth-order valence-electron chi connectivity index (χ4n) is 3.14. The summed E-state index contributed by atoms with van der Waals surface area (Å²) in [5.74, 6) is 0.788. The third-order valence-corrected chi connectivity index (χ3v) is 4.66. The minimum Gasteiger partial charge on any atom is -0.493 e. The van der Waals surface area contributed by atoms with Gasteiger partial charge in [-0.2, -0.15) is 0 Å². The lowest BCUT2D eigenvalue weighted by atomic mass is 10.1. The second-order valence-electron chi connectivity index (χ2n) is 6.10. The van der Waals surface area contributed by atoms with Crippen molar-refractivity contribution in [2.45, 2.75) is 32.2 Å². The molecule has 1 unspecified atom stereocenters. The van der Waals surface area contributed by atoms with Crippen molar-refractivity contribution in [1.29, 1.82) is 0 Å². The van der Waals surface area contributed by atoms with Gasteiger partial charge in [-0.05, 0) is 42.5 Å². The van der Waals surface area contributed by atoms with Crippen LogP contribution in [0.4, 0.5) is 0 Å². The molecule has 1 N–H and O–H groups in total. The molecular weight excluding hydrogens is 338 g/mol. The molecule has 1 aliphatic carbocycles. The van der Waals surface area contributed by atoms with Gasteiger partial charge in [0.15, 0.2) is 11.5 Å². The number of fused-ring (bicyclic) bond motifs is 1. The molecule has 1 amide bonds. The molecule has 1 aliphatic rings. The number of ether oxygens (including phenoxy) is 2. The van der Waals surface area contributed by atoms with Crippen molar-refractivity contribution < 1.29 is 14.3 Å². The van der Waals surface area contributed by atoms with E-state index in [1.807, 2.05) is 19.1 Å². The minimum absolute atomic E-state index is 0.0319. The topological polar surface area (TPSA) is 47.6 Å². The Hall–Kier alpha value is -2.20. The van der Waals surface area contributed by atoms with Crippen LogP contribution in [0.25, 0.3) is 0 Å². The number of methoxy groups -OCH3 is 1. The molecule has 0 radical (unpaired) electrons. The Morgan fingerprint density at radius 2 is 2.12 bits per heavy atom. The number of carbonyl (C=O) groups is 1. The number of nitrogens with one attached hydrogen (secondary N) is 1. The number of hydrogen-bond acceptors (Lipinski definition) is 3. The molecule has 0 saturated heterocycles. The van der Waals surface area contributed by atoms with Crippen LogP contribution in [0.1, 0.15) is 47.3 Å². The molecule has 2 aromatic rings. The smallest absolute Gasteiger partial charge is 0.251 e. The molecule has 5 heteroatoms. The minimum atomic E-state index is -0.163. The average Bonchev–Trinajstić information content (AvgIpc) is 3.03. The summed E-state index contributed by atoms with van der Waals surface area (Å²) in [5, 5.41) is 3.48. The fourth-order valence-corrected chi connectivity index (χ4v) is 3.41. The first-order chi connectivity index (χ1) is 12.1. The predicted octanol–water partition coefficient (Wildman–Crippen LogP) is 4.55. The van der Waals surface area contributed by atoms with Crippen LogP contribution in [-0.4, -0.2) is 19.6 Å². The summed E-state index contributed by atoms with van der Waals surface area (Å²) in [5.41, 5.74) is 2.96. The summed E-state index contributed by atoms with van der Waals surface area (Å²) < 4.78 is 11.0. The van der Waals surface area contributed by atoms with Gasteiger partial charge >= 0.3 is 0 Å². The second kappa shape index (κ2) is 7.79. The van der Waals surface area contributed by atoms with Gasteiger partial charge < -0.3 is 14.8 Å². The summed E-state index contributed by atoms with van der Waals surface area (Å²) in [6.45, 7) is 2.56. The van der Waals surface area contributed by atoms with Crippen LogP contribution in [-0.2, 0) is 6.42 Å². The molecule has 1 atom stereocenters. The van der Waals surface area contributed by atoms with Crippen molar-refractivity contribution in [3.8, 4) is 11.5 Å². The van der Waals surface area contributed by atoms with Gasteiger partial charge in [0.25, 0.3) is 5.91 Å². The van der Waals surface area contributed by atoms with Gasteiger partial charge in [-0.15, -0.1) is 0 Å². The fraction of sp³-hybridized carbons (Fsp3) is 0.350. The number of rotatable bonds is 6. The highest BCUT2D eigenvalue weighted by Gasteiger charge is 2.24. The molecule has 0 heterocycles. The van der Waals surface area contributed by atoms with E-state index in [-0.39, 0.29) is 11.9 Å². The average molecular weight is 360 g/mol. The monoisotopic (exact) mass is 359 g/mol. The van der Waals surface area contributed by atoms with E-state index in [9.17, 15) is 4.79 Å². The molecule has 25 heavy (non-hydrogen) atoms. The van der Waals surface area contributed by atoms with Crippen molar-refractivity contribution in [2.75, 3.05) is 13.7 Å². The van der Waals surface area contributed by atoms with E-state index < -0.39 is 0 Å². The second-order valence-corrected chi connectivity index (χ2v) is 6.51. The third-order valence-electron chi connectivity index (χ3n) is 4.38. The Bertz CT molecular complexity index is 776. The Kier molecular flexibility index (Phi) is 5.49. The first-order valence-corrected chi connectivity index (χ1v) is 8.90. The van der Waals surface area contributed by atoms with Crippen LogP contribution >= 0.6 is 11.6 Å². The van der Waals surface area contributed by atoms with Crippen molar-refractivity contribution in [3.63, 3.8) is 0 Å². The third kappa shape index (κ3) is 3.74. The van der Waals surface area contributed by atoms with E-state index in [4.69, 9.17) is 21.1 Å². The number of halogens is 1. The first kappa shape index (κ1) is 17.6. The van der Waals surface area contributed by atoms with Gasteiger partial charge in [0.05, 0.1) is 24.8 Å². The number of amides is 1. The van der Waals surface area contributed by atoms with Crippen LogP contribution < -0.4 is 14.8 Å². The van der Waals surface area contributed by atoms with Gasteiger partial charge in [0, 0.05) is 5.56 Å².